The van der Waals surface area contributed by atoms with Crippen molar-refractivity contribution in [3.63, 3.8) is 0 Å². The molecule has 110 valence electrons. The molecule has 0 spiro atoms. The van der Waals surface area contributed by atoms with Crippen LogP contribution in [0.15, 0.2) is 24.3 Å². The molecule has 1 aromatic carbocycles. The molecule has 1 aromatic rings. The minimum atomic E-state index is -0.608. The average molecular weight is 280 g/mol. The molecular weight excluding hydrogens is 260 g/mol. The van der Waals surface area contributed by atoms with E-state index < -0.39 is 12.0 Å². The molecule has 0 heterocycles. The number of hydrogen-bond acceptors (Lipinski definition) is 4. The molecule has 6 heteroatoms. The van der Waals surface area contributed by atoms with E-state index in [1.54, 1.807) is 32.0 Å². The molecule has 2 atom stereocenters. The van der Waals surface area contributed by atoms with E-state index in [0.29, 0.717) is 6.42 Å². The molecule has 4 N–H and O–H groups in total. The largest absolute Gasteiger partial charge is 0.483 e. The second kappa shape index (κ2) is 7.49. The molecule has 0 saturated heterocycles. The Labute approximate surface area is 117 Å². The predicted molar refractivity (Wildman–Crippen MR) is 74.4 cm³/mol. The molecule has 20 heavy (non-hydrogen) atoms. The number of nitrogens with one attached hydrogen (secondary N) is 1. The van der Waals surface area contributed by atoms with Crippen LogP contribution in [0, 0.1) is 0 Å². The number of primary amides is 1. The zero-order chi connectivity index (χ0) is 15.1. The summed E-state index contributed by atoms with van der Waals surface area (Å²) in [5, 5.41) is 11.9. The number of benzene rings is 1. The smallest absolute Gasteiger partial charge is 0.258 e. The Morgan fingerprint density at radius 2 is 2.00 bits per heavy atom. The number of para-hydroxylation sites is 1. The van der Waals surface area contributed by atoms with Crippen molar-refractivity contribution in [2.24, 2.45) is 5.73 Å². The zero-order valence-electron chi connectivity index (χ0n) is 11.6. The lowest BCUT2D eigenvalue weighted by Gasteiger charge is -2.16. The van der Waals surface area contributed by atoms with Gasteiger partial charge in [-0.15, -0.1) is 0 Å². The number of amides is 2. The van der Waals surface area contributed by atoms with Gasteiger partial charge in [-0.05, 0) is 32.4 Å². The first-order valence-electron chi connectivity index (χ1n) is 6.39. The third kappa shape index (κ3) is 5.27. The van der Waals surface area contributed by atoms with Crippen LogP contribution in [-0.2, 0) is 4.79 Å². The fourth-order valence-corrected chi connectivity index (χ4v) is 1.83. The maximum absolute atomic E-state index is 11.7. The van der Waals surface area contributed by atoms with Crippen molar-refractivity contribution in [3.8, 4) is 5.75 Å². The monoisotopic (exact) mass is 280 g/mol. The van der Waals surface area contributed by atoms with Crippen LogP contribution in [0.2, 0.25) is 0 Å². The topological polar surface area (TPSA) is 102 Å². The molecule has 0 aliphatic carbocycles. The van der Waals surface area contributed by atoms with E-state index in [4.69, 9.17) is 10.5 Å². The highest BCUT2D eigenvalue weighted by Crippen LogP contribution is 2.16. The van der Waals surface area contributed by atoms with Crippen LogP contribution < -0.4 is 15.8 Å². The quantitative estimate of drug-likeness (QED) is 0.674. The van der Waals surface area contributed by atoms with Crippen molar-refractivity contribution in [1.29, 1.82) is 0 Å². The second-order valence-corrected chi connectivity index (χ2v) is 4.70. The summed E-state index contributed by atoms with van der Waals surface area (Å²) in [5.41, 5.74) is 5.44. The Bertz CT molecular complexity index is 474. The van der Waals surface area contributed by atoms with Gasteiger partial charge in [0.05, 0.1) is 11.7 Å². The lowest BCUT2D eigenvalue weighted by molar-refractivity contribution is -0.123. The zero-order valence-corrected chi connectivity index (χ0v) is 11.6. The molecule has 0 radical (unpaired) electrons. The number of aliphatic hydroxyl groups is 1. The fourth-order valence-electron chi connectivity index (χ4n) is 1.83. The Balaban J connectivity index is 2.51. The van der Waals surface area contributed by atoms with Crippen LogP contribution >= 0.6 is 0 Å². The Hall–Kier alpha value is -2.08. The van der Waals surface area contributed by atoms with Gasteiger partial charge < -0.3 is 20.9 Å². The highest BCUT2D eigenvalue weighted by Gasteiger charge is 2.12. The maximum Gasteiger partial charge on any atom is 0.258 e. The number of nitrogens with two attached hydrogens (primary N) is 1. The first-order chi connectivity index (χ1) is 9.40. The summed E-state index contributed by atoms with van der Waals surface area (Å²) in [6.45, 7) is 3.23. The van der Waals surface area contributed by atoms with E-state index in [1.165, 1.54) is 6.07 Å². The van der Waals surface area contributed by atoms with Crippen molar-refractivity contribution >= 4 is 11.8 Å². The molecule has 6 nitrogen and oxygen atoms in total. The molecule has 0 aliphatic heterocycles. The molecule has 1 rings (SSSR count). The molecular formula is C14H20N2O4. The van der Waals surface area contributed by atoms with Crippen LogP contribution in [-0.4, -0.2) is 35.7 Å². The van der Waals surface area contributed by atoms with Crippen molar-refractivity contribution in [1.82, 2.24) is 5.32 Å². The predicted octanol–water partition coefficient (Wildman–Crippen LogP) is 0.440. The number of ether oxygens (including phenoxy) is 1. The van der Waals surface area contributed by atoms with Gasteiger partial charge in [-0.2, -0.15) is 0 Å². The Kier molecular flexibility index (Phi) is 5.99. The summed E-state index contributed by atoms with van der Waals surface area (Å²) in [5.74, 6) is -0.653. The van der Waals surface area contributed by atoms with Crippen LogP contribution in [0.4, 0.5) is 0 Å². The van der Waals surface area contributed by atoms with Gasteiger partial charge in [0.25, 0.3) is 11.8 Å². The van der Waals surface area contributed by atoms with Crippen molar-refractivity contribution in [2.75, 3.05) is 6.61 Å². The molecule has 0 fully saturated rings. The average Bonchev–Trinajstić information content (AvgIpc) is 2.35. The Morgan fingerprint density at radius 1 is 1.35 bits per heavy atom. The van der Waals surface area contributed by atoms with Crippen LogP contribution in [0.1, 0.15) is 30.6 Å². The first kappa shape index (κ1) is 16.0. The minimum Gasteiger partial charge on any atom is -0.483 e. The number of rotatable bonds is 7. The number of aliphatic hydroxyl groups excluding tert-OH is 1. The van der Waals surface area contributed by atoms with Gasteiger partial charge in [-0.1, -0.05) is 12.1 Å². The van der Waals surface area contributed by atoms with E-state index in [9.17, 15) is 14.7 Å². The standard InChI is InChI=1S/C14H20N2O4/c1-9(7-10(2)17)16-13(18)8-20-12-6-4-3-5-11(12)14(15)19/h3-6,9-10,17H,7-8H2,1-2H3,(H2,15,19)(H,16,18). The number of carbonyl (C=O) groups excluding carboxylic acids is 2. The van der Waals surface area contributed by atoms with E-state index in [-0.39, 0.29) is 29.9 Å². The molecule has 2 unspecified atom stereocenters. The van der Waals surface area contributed by atoms with Crippen molar-refractivity contribution in [3.05, 3.63) is 29.8 Å². The van der Waals surface area contributed by atoms with Gasteiger partial charge in [0.1, 0.15) is 5.75 Å². The number of hydrogen-bond donors (Lipinski definition) is 3. The minimum absolute atomic E-state index is 0.155. The summed E-state index contributed by atoms with van der Waals surface area (Å²) in [4.78, 5) is 22.8. The van der Waals surface area contributed by atoms with Crippen LogP contribution in [0.5, 0.6) is 5.75 Å². The van der Waals surface area contributed by atoms with E-state index in [0.717, 1.165) is 0 Å². The maximum atomic E-state index is 11.7. The van der Waals surface area contributed by atoms with Gasteiger partial charge in [0.15, 0.2) is 6.61 Å². The van der Waals surface area contributed by atoms with Gasteiger partial charge in [0, 0.05) is 6.04 Å². The fraction of sp³-hybridized carbons (Fsp3) is 0.429. The highest BCUT2D eigenvalue weighted by atomic mass is 16.5. The summed E-state index contributed by atoms with van der Waals surface area (Å²) >= 11 is 0. The van der Waals surface area contributed by atoms with Crippen molar-refractivity contribution in [2.45, 2.75) is 32.4 Å². The van der Waals surface area contributed by atoms with Gasteiger partial charge in [-0.25, -0.2) is 0 Å². The van der Waals surface area contributed by atoms with Gasteiger partial charge in [0.2, 0.25) is 0 Å². The Morgan fingerprint density at radius 3 is 2.60 bits per heavy atom. The van der Waals surface area contributed by atoms with Gasteiger partial charge in [-0.3, -0.25) is 9.59 Å². The highest BCUT2D eigenvalue weighted by molar-refractivity contribution is 5.95. The first-order valence-corrected chi connectivity index (χ1v) is 6.39. The van der Waals surface area contributed by atoms with Crippen LogP contribution in [0.3, 0.4) is 0 Å². The molecule has 0 saturated carbocycles. The summed E-state index contributed by atoms with van der Waals surface area (Å²) in [6, 6.07) is 6.31. The SMILES string of the molecule is CC(O)CC(C)NC(=O)COc1ccccc1C(N)=O. The van der Waals surface area contributed by atoms with E-state index in [1.807, 2.05) is 0 Å². The van der Waals surface area contributed by atoms with Crippen LogP contribution in [0.25, 0.3) is 0 Å². The lowest BCUT2D eigenvalue weighted by atomic mass is 10.1. The molecule has 0 aromatic heterocycles. The lowest BCUT2D eigenvalue weighted by Crippen LogP contribution is -2.37. The van der Waals surface area contributed by atoms with E-state index in [2.05, 4.69) is 5.32 Å². The third-order valence-electron chi connectivity index (χ3n) is 2.61. The third-order valence-corrected chi connectivity index (χ3v) is 2.61. The second-order valence-electron chi connectivity index (χ2n) is 4.70. The summed E-state index contributed by atoms with van der Waals surface area (Å²) < 4.78 is 5.29. The van der Waals surface area contributed by atoms with Gasteiger partial charge >= 0.3 is 0 Å². The van der Waals surface area contributed by atoms with Crippen molar-refractivity contribution < 1.29 is 19.4 Å². The number of carbonyl (C=O) groups is 2. The normalized spacial score (nSPS) is 13.3. The summed E-state index contributed by atoms with van der Waals surface area (Å²) in [6.07, 6.45) is -0.0225. The molecule has 0 bridgehead atoms. The molecule has 2 amide bonds. The van der Waals surface area contributed by atoms with E-state index >= 15 is 0 Å². The molecule has 0 aliphatic rings. The summed E-state index contributed by atoms with van der Waals surface area (Å²) in [7, 11) is 0.